The number of hydrogen-bond acceptors (Lipinski definition) is 3. The Morgan fingerprint density at radius 3 is 2.94 bits per heavy atom. The standard InChI is InChI=1S/C14H19N3O/c1-15-12(10-14-16-6-7-17-14)8-11-4-3-5-13(9-11)18-2/h3-7,9,12,15H,8,10H2,1-2H3,(H,16,17). The zero-order chi connectivity index (χ0) is 12.8. The molecule has 4 heteroatoms. The number of nitrogens with one attached hydrogen (secondary N) is 2. The highest BCUT2D eigenvalue weighted by molar-refractivity contribution is 5.29. The number of aromatic amines is 1. The maximum atomic E-state index is 5.24. The van der Waals surface area contributed by atoms with Gasteiger partial charge in [-0.15, -0.1) is 0 Å². The highest BCUT2D eigenvalue weighted by Gasteiger charge is 2.10. The van der Waals surface area contributed by atoms with Crippen molar-refractivity contribution >= 4 is 0 Å². The van der Waals surface area contributed by atoms with Gasteiger partial charge in [0.1, 0.15) is 11.6 Å². The topological polar surface area (TPSA) is 49.9 Å². The normalized spacial score (nSPS) is 12.3. The predicted molar refractivity (Wildman–Crippen MR) is 71.8 cm³/mol. The van der Waals surface area contributed by atoms with Gasteiger partial charge in [0.2, 0.25) is 0 Å². The molecule has 0 aliphatic heterocycles. The number of nitrogens with zero attached hydrogens (tertiary/aromatic N) is 1. The van der Waals surface area contributed by atoms with E-state index in [4.69, 9.17) is 4.74 Å². The Labute approximate surface area is 107 Å². The number of H-pyrrole nitrogens is 1. The SMILES string of the molecule is CNC(Cc1cccc(OC)c1)Cc1ncc[nH]1. The zero-order valence-corrected chi connectivity index (χ0v) is 10.8. The summed E-state index contributed by atoms with van der Waals surface area (Å²) >= 11 is 0. The van der Waals surface area contributed by atoms with Crippen molar-refractivity contribution < 1.29 is 4.74 Å². The second-order valence-electron chi connectivity index (χ2n) is 4.28. The van der Waals surface area contributed by atoms with E-state index in [1.807, 2.05) is 25.4 Å². The molecule has 96 valence electrons. The molecule has 1 unspecified atom stereocenters. The molecular weight excluding hydrogens is 226 g/mol. The average molecular weight is 245 g/mol. The van der Waals surface area contributed by atoms with Crippen LogP contribution < -0.4 is 10.1 Å². The van der Waals surface area contributed by atoms with Crippen LogP contribution in [0.4, 0.5) is 0 Å². The molecule has 0 amide bonds. The van der Waals surface area contributed by atoms with E-state index in [9.17, 15) is 0 Å². The quantitative estimate of drug-likeness (QED) is 0.815. The van der Waals surface area contributed by atoms with Crippen LogP contribution in [0, 0.1) is 0 Å². The summed E-state index contributed by atoms with van der Waals surface area (Å²) in [7, 11) is 3.67. The molecule has 0 fully saturated rings. The highest BCUT2D eigenvalue weighted by Crippen LogP contribution is 2.14. The fourth-order valence-electron chi connectivity index (χ4n) is 2.00. The van der Waals surface area contributed by atoms with Crippen LogP contribution in [0.1, 0.15) is 11.4 Å². The van der Waals surface area contributed by atoms with Gasteiger partial charge in [0.05, 0.1) is 7.11 Å². The van der Waals surface area contributed by atoms with E-state index in [0.717, 1.165) is 24.4 Å². The Hall–Kier alpha value is -1.81. The summed E-state index contributed by atoms with van der Waals surface area (Å²) in [4.78, 5) is 7.39. The number of methoxy groups -OCH3 is 1. The van der Waals surface area contributed by atoms with Crippen molar-refractivity contribution in [2.24, 2.45) is 0 Å². The van der Waals surface area contributed by atoms with Crippen molar-refractivity contribution in [3.05, 3.63) is 48.0 Å². The Morgan fingerprint density at radius 1 is 1.39 bits per heavy atom. The van der Waals surface area contributed by atoms with Crippen LogP contribution in [-0.4, -0.2) is 30.2 Å². The minimum Gasteiger partial charge on any atom is -0.497 e. The van der Waals surface area contributed by atoms with Crippen LogP contribution in [-0.2, 0) is 12.8 Å². The fraction of sp³-hybridized carbons (Fsp3) is 0.357. The first-order chi connectivity index (χ1) is 8.81. The smallest absolute Gasteiger partial charge is 0.119 e. The summed E-state index contributed by atoms with van der Waals surface area (Å²) in [5, 5.41) is 3.33. The Bertz CT molecular complexity index is 468. The molecule has 0 aliphatic carbocycles. The molecule has 0 spiro atoms. The third kappa shape index (κ3) is 3.34. The Kier molecular flexibility index (Phi) is 4.36. The largest absolute Gasteiger partial charge is 0.497 e. The Morgan fingerprint density at radius 2 is 2.28 bits per heavy atom. The number of benzene rings is 1. The lowest BCUT2D eigenvalue weighted by molar-refractivity contribution is 0.414. The molecule has 1 aromatic heterocycles. The van der Waals surface area contributed by atoms with Crippen molar-refractivity contribution in [1.82, 2.24) is 15.3 Å². The van der Waals surface area contributed by atoms with Gasteiger partial charge in [-0.05, 0) is 31.2 Å². The minimum atomic E-state index is 0.364. The predicted octanol–water partition coefficient (Wildman–Crippen LogP) is 1.79. The first-order valence-corrected chi connectivity index (χ1v) is 6.10. The highest BCUT2D eigenvalue weighted by atomic mass is 16.5. The summed E-state index contributed by atoms with van der Waals surface area (Å²) in [6.45, 7) is 0. The average Bonchev–Trinajstić information content (AvgIpc) is 2.91. The van der Waals surface area contributed by atoms with E-state index in [2.05, 4.69) is 27.4 Å². The third-order valence-electron chi connectivity index (χ3n) is 3.02. The summed E-state index contributed by atoms with van der Waals surface area (Å²) < 4.78 is 5.24. The van der Waals surface area contributed by atoms with E-state index in [-0.39, 0.29) is 0 Å². The number of imidazole rings is 1. The van der Waals surface area contributed by atoms with Gasteiger partial charge >= 0.3 is 0 Å². The van der Waals surface area contributed by atoms with E-state index in [0.29, 0.717) is 6.04 Å². The molecule has 0 saturated heterocycles. The molecule has 1 aromatic carbocycles. The van der Waals surface area contributed by atoms with Crippen LogP contribution in [0.2, 0.25) is 0 Å². The number of likely N-dealkylation sites (N-methyl/N-ethyl adjacent to an activating group) is 1. The first kappa shape index (κ1) is 12.6. The number of hydrogen-bond donors (Lipinski definition) is 2. The molecule has 1 heterocycles. The maximum Gasteiger partial charge on any atom is 0.119 e. The van der Waals surface area contributed by atoms with E-state index >= 15 is 0 Å². The van der Waals surface area contributed by atoms with Crippen LogP contribution in [0.25, 0.3) is 0 Å². The van der Waals surface area contributed by atoms with Crippen molar-refractivity contribution in [3.63, 3.8) is 0 Å². The lowest BCUT2D eigenvalue weighted by atomic mass is 10.0. The summed E-state index contributed by atoms with van der Waals surface area (Å²) in [6, 6.07) is 8.54. The molecule has 0 saturated carbocycles. The van der Waals surface area contributed by atoms with Gasteiger partial charge in [-0.2, -0.15) is 0 Å². The zero-order valence-electron chi connectivity index (χ0n) is 10.8. The second-order valence-corrected chi connectivity index (χ2v) is 4.28. The van der Waals surface area contributed by atoms with Crippen LogP contribution in [0.3, 0.4) is 0 Å². The number of aromatic nitrogens is 2. The lowest BCUT2D eigenvalue weighted by Gasteiger charge is -2.15. The van der Waals surface area contributed by atoms with Gasteiger partial charge in [0.15, 0.2) is 0 Å². The molecule has 18 heavy (non-hydrogen) atoms. The van der Waals surface area contributed by atoms with E-state index in [1.165, 1.54) is 5.56 Å². The summed E-state index contributed by atoms with van der Waals surface area (Å²) in [5.41, 5.74) is 1.26. The number of rotatable bonds is 6. The second kappa shape index (κ2) is 6.21. The van der Waals surface area contributed by atoms with Crippen molar-refractivity contribution in [1.29, 1.82) is 0 Å². The third-order valence-corrected chi connectivity index (χ3v) is 3.02. The Balaban J connectivity index is 2.00. The van der Waals surface area contributed by atoms with Crippen LogP contribution in [0.5, 0.6) is 5.75 Å². The maximum absolute atomic E-state index is 5.24. The van der Waals surface area contributed by atoms with Crippen LogP contribution in [0.15, 0.2) is 36.7 Å². The van der Waals surface area contributed by atoms with Gasteiger partial charge in [-0.1, -0.05) is 12.1 Å². The lowest BCUT2D eigenvalue weighted by Crippen LogP contribution is -2.30. The molecule has 0 bridgehead atoms. The molecular formula is C14H19N3O. The van der Waals surface area contributed by atoms with Crippen molar-refractivity contribution in [3.8, 4) is 5.75 Å². The molecule has 2 aromatic rings. The van der Waals surface area contributed by atoms with Crippen molar-refractivity contribution in [2.45, 2.75) is 18.9 Å². The van der Waals surface area contributed by atoms with E-state index in [1.54, 1.807) is 13.3 Å². The molecule has 0 radical (unpaired) electrons. The van der Waals surface area contributed by atoms with Crippen LogP contribution >= 0.6 is 0 Å². The molecule has 2 N–H and O–H groups in total. The molecule has 4 nitrogen and oxygen atoms in total. The summed E-state index contributed by atoms with van der Waals surface area (Å²) in [5.74, 6) is 1.91. The van der Waals surface area contributed by atoms with Gasteiger partial charge < -0.3 is 15.0 Å². The minimum absolute atomic E-state index is 0.364. The first-order valence-electron chi connectivity index (χ1n) is 6.10. The number of ether oxygens (including phenoxy) is 1. The van der Waals surface area contributed by atoms with E-state index < -0.39 is 0 Å². The monoisotopic (exact) mass is 245 g/mol. The summed E-state index contributed by atoms with van der Waals surface area (Å²) in [6.07, 6.45) is 5.48. The van der Waals surface area contributed by atoms with Gasteiger partial charge in [0.25, 0.3) is 0 Å². The molecule has 1 atom stereocenters. The van der Waals surface area contributed by atoms with Gasteiger partial charge in [-0.25, -0.2) is 4.98 Å². The van der Waals surface area contributed by atoms with Gasteiger partial charge in [-0.3, -0.25) is 0 Å². The van der Waals surface area contributed by atoms with Gasteiger partial charge in [0, 0.05) is 24.9 Å². The molecule has 0 aliphatic rings. The fourth-order valence-corrected chi connectivity index (χ4v) is 2.00. The molecule has 2 rings (SSSR count). The van der Waals surface area contributed by atoms with Crippen molar-refractivity contribution in [2.75, 3.05) is 14.2 Å².